The van der Waals surface area contributed by atoms with Crippen molar-refractivity contribution in [2.75, 3.05) is 5.32 Å². The second-order valence-electron chi connectivity index (χ2n) is 5.94. The highest BCUT2D eigenvalue weighted by Gasteiger charge is 2.13. The Morgan fingerprint density at radius 2 is 2.19 bits per heavy atom. The molecule has 10 nitrogen and oxygen atoms in total. The van der Waals surface area contributed by atoms with Crippen LogP contribution in [0.15, 0.2) is 43.2 Å². The zero-order valence-corrected chi connectivity index (χ0v) is 14.1. The Kier molecular flexibility index (Phi) is 3.14. The maximum Gasteiger partial charge on any atom is 0.247 e. The molecule has 27 heavy (non-hydrogen) atoms. The van der Waals surface area contributed by atoms with Crippen LogP contribution in [0.5, 0.6) is 0 Å². The first-order valence-electron chi connectivity index (χ1n) is 8.06. The summed E-state index contributed by atoms with van der Waals surface area (Å²) in [5.41, 5.74) is 4.79. The van der Waals surface area contributed by atoms with E-state index in [0.717, 1.165) is 11.1 Å². The molecule has 0 amide bonds. The molecular weight excluding hydrogens is 344 g/mol. The predicted molar refractivity (Wildman–Crippen MR) is 97.1 cm³/mol. The number of nitriles is 1. The van der Waals surface area contributed by atoms with Gasteiger partial charge in [0.25, 0.3) is 0 Å². The van der Waals surface area contributed by atoms with Crippen LogP contribution in [0.3, 0.4) is 0 Å². The molecule has 0 bridgehead atoms. The predicted octanol–water partition coefficient (Wildman–Crippen LogP) is 2.02. The number of nitrogens with one attached hydrogen (secondary N) is 2. The summed E-state index contributed by atoms with van der Waals surface area (Å²) in [5, 5.41) is 20.8. The lowest BCUT2D eigenvalue weighted by atomic mass is 10.2. The Morgan fingerprint density at radius 1 is 1.26 bits per heavy atom. The first-order valence-corrected chi connectivity index (χ1v) is 8.06. The van der Waals surface area contributed by atoms with Crippen molar-refractivity contribution in [3.05, 3.63) is 48.8 Å². The van der Waals surface area contributed by atoms with Gasteiger partial charge in [0.05, 0.1) is 29.2 Å². The third kappa shape index (κ3) is 2.46. The SMILES string of the molecule is Cn1cc(-c2nccn3nc(Nc4cnc5c(C#N)c[nH]c5c4)nc23)cn1. The minimum Gasteiger partial charge on any atom is -0.358 e. The van der Waals surface area contributed by atoms with E-state index < -0.39 is 0 Å². The van der Waals surface area contributed by atoms with Gasteiger partial charge in [0.15, 0.2) is 5.65 Å². The van der Waals surface area contributed by atoms with Crippen LogP contribution in [0, 0.1) is 11.3 Å². The van der Waals surface area contributed by atoms with Gasteiger partial charge < -0.3 is 10.3 Å². The number of anilines is 2. The number of aromatic nitrogens is 8. The second kappa shape index (κ2) is 5.63. The fraction of sp³-hybridized carbons (Fsp3) is 0.0588. The molecule has 130 valence electrons. The topological polar surface area (TPSA) is 125 Å². The van der Waals surface area contributed by atoms with E-state index in [1.807, 2.05) is 19.3 Å². The van der Waals surface area contributed by atoms with Crippen LogP contribution in [0.1, 0.15) is 5.56 Å². The molecule has 0 fully saturated rings. The summed E-state index contributed by atoms with van der Waals surface area (Å²) in [5.74, 6) is 0.418. The molecule has 5 aromatic heterocycles. The van der Waals surface area contributed by atoms with Crippen LogP contribution in [-0.2, 0) is 7.05 Å². The second-order valence-corrected chi connectivity index (χ2v) is 5.94. The summed E-state index contributed by atoms with van der Waals surface area (Å²) < 4.78 is 3.37. The van der Waals surface area contributed by atoms with Gasteiger partial charge in [-0.15, -0.1) is 5.10 Å². The minimum atomic E-state index is 0.418. The van der Waals surface area contributed by atoms with Crippen LogP contribution in [0.2, 0.25) is 0 Å². The lowest BCUT2D eigenvalue weighted by Crippen LogP contribution is -1.94. The molecule has 0 aliphatic rings. The molecular formula is C17H12N10. The molecule has 10 heteroatoms. The van der Waals surface area contributed by atoms with Gasteiger partial charge in [-0.2, -0.15) is 15.3 Å². The van der Waals surface area contributed by atoms with E-state index >= 15 is 0 Å². The smallest absolute Gasteiger partial charge is 0.247 e. The van der Waals surface area contributed by atoms with E-state index in [9.17, 15) is 0 Å². The number of hydrogen-bond acceptors (Lipinski definition) is 7. The number of aromatic amines is 1. The molecule has 0 atom stereocenters. The zero-order valence-electron chi connectivity index (χ0n) is 14.1. The Labute approximate surface area is 152 Å². The van der Waals surface area contributed by atoms with Crippen LogP contribution >= 0.6 is 0 Å². The van der Waals surface area contributed by atoms with E-state index in [1.165, 1.54) is 0 Å². The van der Waals surface area contributed by atoms with Crippen molar-refractivity contribution in [3.8, 4) is 17.3 Å². The quantitative estimate of drug-likeness (QED) is 0.506. The molecule has 5 aromatic rings. The average Bonchev–Trinajstić information content (AvgIpc) is 3.38. The van der Waals surface area contributed by atoms with Crippen LogP contribution in [-0.4, -0.2) is 39.3 Å². The summed E-state index contributed by atoms with van der Waals surface area (Å²) in [7, 11) is 1.85. The monoisotopic (exact) mass is 356 g/mol. The molecule has 0 aliphatic heterocycles. The number of pyridine rings is 1. The van der Waals surface area contributed by atoms with E-state index in [-0.39, 0.29) is 0 Å². The fourth-order valence-corrected chi connectivity index (χ4v) is 2.91. The fourth-order valence-electron chi connectivity index (χ4n) is 2.91. The van der Waals surface area contributed by atoms with Gasteiger partial charge >= 0.3 is 0 Å². The van der Waals surface area contributed by atoms with Gasteiger partial charge in [-0.05, 0) is 6.07 Å². The highest BCUT2D eigenvalue weighted by Crippen LogP contribution is 2.23. The van der Waals surface area contributed by atoms with Gasteiger partial charge in [0.1, 0.15) is 17.3 Å². The van der Waals surface area contributed by atoms with Gasteiger partial charge in [0.2, 0.25) is 5.95 Å². The molecule has 0 radical (unpaired) electrons. The molecule has 2 N–H and O–H groups in total. The van der Waals surface area contributed by atoms with Crippen LogP contribution in [0.4, 0.5) is 11.6 Å². The summed E-state index contributed by atoms with van der Waals surface area (Å²) in [6.07, 6.45) is 10.3. The van der Waals surface area contributed by atoms with E-state index in [1.54, 1.807) is 40.2 Å². The number of rotatable bonds is 3. The third-order valence-electron chi connectivity index (χ3n) is 4.12. The number of aryl methyl sites for hydroxylation is 1. The van der Waals surface area contributed by atoms with Crippen molar-refractivity contribution in [3.63, 3.8) is 0 Å². The lowest BCUT2D eigenvalue weighted by Gasteiger charge is -2.00. The number of fused-ring (bicyclic) bond motifs is 2. The van der Waals surface area contributed by atoms with Crippen LogP contribution < -0.4 is 5.32 Å². The number of H-pyrrole nitrogens is 1. The molecule has 0 spiro atoms. The molecule has 0 aliphatic carbocycles. The Balaban J connectivity index is 1.53. The van der Waals surface area contributed by atoms with E-state index in [2.05, 4.69) is 41.5 Å². The Morgan fingerprint density at radius 3 is 3.00 bits per heavy atom. The van der Waals surface area contributed by atoms with Crippen molar-refractivity contribution in [1.29, 1.82) is 5.26 Å². The largest absolute Gasteiger partial charge is 0.358 e. The Hall–Kier alpha value is -4.26. The first-order chi connectivity index (χ1) is 13.2. The molecule has 0 unspecified atom stereocenters. The maximum atomic E-state index is 9.07. The highest BCUT2D eigenvalue weighted by atomic mass is 15.4. The van der Waals surface area contributed by atoms with Gasteiger partial charge in [-0.1, -0.05) is 0 Å². The molecule has 0 saturated heterocycles. The van der Waals surface area contributed by atoms with Crippen LogP contribution in [0.25, 0.3) is 27.9 Å². The van der Waals surface area contributed by atoms with E-state index in [4.69, 9.17) is 5.26 Å². The summed E-state index contributed by atoms with van der Waals surface area (Å²) in [6.45, 7) is 0. The maximum absolute atomic E-state index is 9.07. The van der Waals surface area contributed by atoms with Crippen molar-refractivity contribution in [1.82, 2.24) is 39.3 Å². The summed E-state index contributed by atoms with van der Waals surface area (Å²) >= 11 is 0. The normalized spacial score (nSPS) is 11.1. The summed E-state index contributed by atoms with van der Waals surface area (Å²) in [6, 6.07) is 3.96. The van der Waals surface area contributed by atoms with Crippen molar-refractivity contribution in [2.24, 2.45) is 7.05 Å². The third-order valence-corrected chi connectivity index (χ3v) is 4.12. The zero-order chi connectivity index (χ0) is 18.4. The average molecular weight is 356 g/mol. The summed E-state index contributed by atoms with van der Waals surface area (Å²) in [4.78, 5) is 16.3. The van der Waals surface area contributed by atoms with E-state index in [0.29, 0.717) is 34.1 Å². The molecule has 5 heterocycles. The molecule has 5 rings (SSSR count). The lowest BCUT2D eigenvalue weighted by molar-refractivity contribution is 0.768. The van der Waals surface area contributed by atoms with Crippen molar-refractivity contribution >= 4 is 28.3 Å². The molecule has 0 aromatic carbocycles. The first kappa shape index (κ1) is 15.0. The highest BCUT2D eigenvalue weighted by molar-refractivity contribution is 5.84. The number of hydrogen-bond donors (Lipinski definition) is 2. The Bertz CT molecular complexity index is 1330. The number of nitrogens with zero attached hydrogens (tertiary/aromatic N) is 8. The molecule has 0 saturated carbocycles. The van der Waals surface area contributed by atoms with Crippen molar-refractivity contribution < 1.29 is 0 Å². The standard InChI is InChI=1S/C17H12N10/c1-26-9-11(7-22-26)15-16-24-17(25-27(16)3-2-19-15)23-12-4-13-14(21-8-12)10(5-18)6-20-13/h2-4,6-9,20H,1H3,(H,23,25). The van der Waals surface area contributed by atoms with Gasteiger partial charge in [0, 0.05) is 37.4 Å². The minimum absolute atomic E-state index is 0.418. The van der Waals surface area contributed by atoms with Gasteiger partial charge in [-0.25, -0.2) is 4.52 Å². The van der Waals surface area contributed by atoms with Crippen molar-refractivity contribution in [2.45, 2.75) is 0 Å². The van der Waals surface area contributed by atoms with Gasteiger partial charge in [-0.3, -0.25) is 14.6 Å².